The van der Waals surface area contributed by atoms with Crippen molar-refractivity contribution in [2.75, 3.05) is 0 Å². The molecule has 0 spiro atoms. The van der Waals surface area contributed by atoms with Crippen molar-refractivity contribution in [1.82, 2.24) is 4.98 Å². The first-order valence-corrected chi connectivity index (χ1v) is 6.84. The van der Waals surface area contributed by atoms with E-state index in [9.17, 15) is 0 Å². The molecule has 1 unspecified atom stereocenters. The van der Waals surface area contributed by atoms with Crippen LogP contribution in [0.1, 0.15) is 25.3 Å². The molecule has 0 N–H and O–H groups in total. The Bertz CT molecular complexity index is 564. The van der Waals surface area contributed by atoms with E-state index < -0.39 is 0 Å². The lowest BCUT2D eigenvalue weighted by Gasteiger charge is -2.24. The second-order valence-electron chi connectivity index (χ2n) is 5.27. The summed E-state index contributed by atoms with van der Waals surface area (Å²) in [7, 11) is 0. The maximum absolute atomic E-state index is 4.16. The third kappa shape index (κ3) is 2.73. The first-order valence-electron chi connectivity index (χ1n) is 6.84. The highest BCUT2D eigenvalue weighted by Gasteiger charge is 2.19. The van der Waals surface area contributed by atoms with Crippen molar-refractivity contribution in [1.29, 1.82) is 0 Å². The van der Waals surface area contributed by atoms with Crippen molar-refractivity contribution in [2.24, 2.45) is 16.8 Å². The molecule has 0 bridgehead atoms. The Morgan fingerprint density at radius 3 is 2.79 bits per heavy atom. The van der Waals surface area contributed by atoms with Crippen LogP contribution in [0.5, 0.6) is 0 Å². The zero-order valence-electron chi connectivity index (χ0n) is 11.2. The lowest BCUT2D eigenvalue weighted by atomic mass is 9.81. The molecule has 0 radical (unpaired) electrons. The molecule has 0 saturated heterocycles. The van der Waals surface area contributed by atoms with Crippen LogP contribution in [-0.2, 0) is 0 Å². The molecule has 1 aliphatic carbocycles. The Hall–Kier alpha value is -1.96. The minimum absolute atomic E-state index is 0.519. The molecule has 1 aliphatic heterocycles. The molecule has 2 aliphatic rings. The summed E-state index contributed by atoms with van der Waals surface area (Å²) in [4.78, 5) is 8.25. The quantitative estimate of drug-likeness (QED) is 0.777. The standard InChI is InChI=1S/C17H18N2/c1-13-10-16(14-2-6-18-7-3-14)12-17(11-13)15-4-8-19-9-5-15/h2-4,6-10,12-13,15H,5,11H2,1H3/t13-,15?/m0/s1. The van der Waals surface area contributed by atoms with Crippen LogP contribution < -0.4 is 0 Å². The molecule has 1 aromatic rings. The normalized spacial score (nSPS) is 25.9. The van der Waals surface area contributed by atoms with Crippen molar-refractivity contribution >= 4 is 11.8 Å². The molecule has 2 heteroatoms. The second-order valence-corrected chi connectivity index (χ2v) is 5.27. The van der Waals surface area contributed by atoms with E-state index in [2.05, 4.69) is 47.3 Å². The van der Waals surface area contributed by atoms with Gasteiger partial charge in [0.05, 0.1) is 0 Å². The van der Waals surface area contributed by atoms with Crippen molar-refractivity contribution in [2.45, 2.75) is 19.8 Å². The summed E-state index contributed by atoms with van der Waals surface area (Å²) in [5.74, 6) is 1.11. The molecule has 3 rings (SSSR count). The zero-order valence-corrected chi connectivity index (χ0v) is 11.2. The molecule has 2 atom stereocenters. The average molecular weight is 250 g/mol. The number of pyridine rings is 1. The Labute approximate surface area is 114 Å². The molecule has 2 heterocycles. The fourth-order valence-corrected chi connectivity index (χ4v) is 2.77. The van der Waals surface area contributed by atoms with Gasteiger partial charge in [-0.2, -0.15) is 0 Å². The number of aromatic nitrogens is 1. The van der Waals surface area contributed by atoms with Gasteiger partial charge in [0, 0.05) is 30.7 Å². The number of hydrogen-bond acceptors (Lipinski definition) is 2. The van der Waals surface area contributed by atoms with Gasteiger partial charge in [-0.15, -0.1) is 0 Å². The third-order valence-corrected chi connectivity index (χ3v) is 3.72. The Morgan fingerprint density at radius 1 is 1.21 bits per heavy atom. The molecule has 96 valence electrons. The van der Waals surface area contributed by atoms with E-state index in [1.165, 1.54) is 16.7 Å². The fourth-order valence-electron chi connectivity index (χ4n) is 2.77. The van der Waals surface area contributed by atoms with Crippen LogP contribution in [0.2, 0.25) is 0 Å². The van der Waals surface area contributed by atoms with Gasteiger partial charge < -0.3 is 0 Å². The van der Waals surface area contributed by atoms with E-state index in [4.69, 9.17) is 0 Å². The van der Waals surface area contributed by atoms with Gasteiger partial charge in [0.2, 0.25) is 0 Å². The molecule has 0 saturated carbocycles. The minimum atomic E-state index is 0.519. The van der Waals surface area contributed by atoms with Gasteiger partial charge in [-0.05, 0) is 42.0 Å². The number of aliphatic imine (C=N–C) groups is 1. The summed E-state index contributed by atoms with van der Waals surface area (Å²) >= 11 is 0. The number of allylic oxidation sites excluding steroid dienone is 5. The lowest BCUT2D eigenvalue weighted by molar-refractivity contribution is 0.637. The number of hydrogen-bond donors (Lipinski definition) is 0. The Balaban J connectivity index is 1.90. The van der Waals surface area contributed by atoms with Gasteiger partial charge in [-0.3, -0.25) is 9.98 Å². The third-order valence-electron chi connectivity index (χ3n) is 3.72. The van der Waals surface area contributed by atoms with Crippen molar-refractivity contribution in [3.05, 3.63) is 60.1 Å². The summed E-state index contributed by atoms with van der Waals surface area (Å²) in [6, 6.07) is 4.16. The molecular weight excluding hydrogens is 232 g/mol. The molecule has 2 nitrogen and oxygen atoms in total. The van der Waals surface area contributed by atoms with Crippen LogP contribution in [0.3, 0.4) is 0 Å². The summed E-state index contributed by atoms with van der Waals surface area (Å²) in [6.45, 7) is 2.29. The number of rotatable bonds is 2. The largest absolute Gasteiger partial charge is 0.269 e. The maximum Gasteiger partial charge on any atom is 0.0273 e. The molecule has 0 fully saturated rings. The van der Waals surface area contributed by atoms with Crippen LogP contribution in [-0.4, -0.2) is 11.2 Å². The predicted octanol–water partition coefficient (Wildman–Crippen LogP) is 4.04. The van der Waals surface area contributed by atoms with Gasteiger partial charge in [0.15, 0.2) is 0 Å². The topological polar surface area (TPSA) is 25.2 Å². The van der Waals surface area contributed by atoms with E-state index in [-0.39, 0.29) is 0 Å². The molecule has 0 amide bonds. The van der Waals surface area contributed by atoms with Gasteiger partial charge in [0.25, 0.3) is 0 Å². The zero-order chi connectivity index (χ0) is 13.1. The first kappa shape index (κ1) is 12.1. The van der Waals surface area contributed by atoms with Gasteiger partial charge in [-0.1, -0.05) is 30.7 Å². The van der Waals surface area contributed by atoms with Crippen LogP contribution in [0.4, 0.5) is 0 Å². The molecule has 0 aromatic carbocycles. The second kappa shape index (κ2) is 5.35. The molecule has 1 aromatic heterocycles. The van der Waals surface area contributed by atoms with E-state index >= 15 is 0 Å². The van der Waals surface area contributed by atoms with Crippen molar-refractivity contribution in [3.63, 3.8) is 0 Å². The SMILES string of the molecule is C[C@H]1C=C(c2ccncc2)C=C(C2C=CN=CC2)C1. The Kier molecular flexibility index (Phi) is 3.41. The van der Waals surface area contributed by atoms with Gasteiger partial charge >= 0.3 is 0 Å². The maximum atomic E-state index is 4.16. The average Bonchev–Trinajstić information content (AvgIpc) is 2.48. The van der Waals surface area contributed by atoms with Crippen molar-refractivity contribution < 1.29 is 0 Å². The predicted molar refractivity (Wildman–Crippen MR) is 79.8 cm³/mol. The Morgan fingerprint density at radius 2 is 2.05 bits per heavy atom. The van der Waals surface area contributed by atoms with Crippen LogP contribution in [0.15, 0.2) is 59.5 Å². The van der Waals surface area contributed by atoms with E-state index in [1.807, 2.05) is 24.8 Å². The van der Waals surface area contributed by atoms with E-state index in [0.717, 1.165) is 12.8 Å². The monoisotopic (exact) mass is 250 g/mol. The highest BCUT2D eigenvalue weighted by molar-refractivity contribution is 5.76. The van der Waals surface area contributed by atoms with Crippen molar-refractivity contribution in [3.8, 4) is 0 Å². The summed E-state index contributed by atoms with van der Waals surface area (Å²) in [5, 5.41) is 0. The van der Waals surface area contributed by atoms with Crippen LogP contribution >= 0.6 is 0 Å². The summed E-state index contributed by atoms with van der Waals surface area (Å²) < 4.78 is 0. The van der Waals surface area contributed by atoms with E-state index in [1.54, 1.807) is 0 Å². The van der Waals surface area contributed by atoms with Gasteiger partial charge in [0.1, 0.15) is 0 Å². The van der Waals surface area contributed by atoms with Crippen LogP contribution in [0, 0.1) is 11.8 Å². The molecule has 19 heavy (non-hydrogen) atoms. The van der Waals surface area contributed by atoms with Crippen LogP contribution in [0.25, 0.3) is 5.57 Å². The fraction of sp³-hybridized carbons (Fsp3) is 0.294. The lowest BCUT2D eigenvalue weighted by Crippen LogP contribution is -2.10. The minimum Gasteiger partial charge on any atom is -0.269 e. The smallest absolute Gasteiger partial charge is 0.0273 e. The first-order chi connectivity index (χ1) is 9.33. The highest BCUT2D eigenvalue weighted by atomic mass is 14.7. The van der Waals surface area contributed by atoms with E-state index in [0.29, 0.717) is 11.8 Å². The molecular formula is C17H18N2. The highest BCUT2D eigenvalue weighted by Crippen LogP contribution is 2.34. The summed E-state index contributed by atoms with van der Waals surface area (Å²) in [6.07, 6.45) is 16.8. The number of nitrogens with zero attached hydrogens (tertiary/aromatic N) is 2. The summed E-state index contributed by atoms with van der Waals surface area (Å²) in [5.41, 5.74) is 4.10. The van der Waals surface area contributed by atoms with Gasteiger partial charge in [-0.25, -0.2) is 0 Å².